The molecule has 0 amide bonds. The molecule has 7 heteroatoms. The second-order valence-corrected chi connectivity index (χ2v) is 9.20. The van der Waals surface area contributed by atoms with Crippen molar-refractivity contribution in [3.63, 3.8) is 0 Å². The molecule has 0 aromatic heterocycles. The average Bonchev–Trinajstić information content (AvgIpc) is 2.45. The highest BCUT2D eigenvalue weighted by atomic mass is 79.9. The van der Waals surface area contributed by atoms with Crippen LogP contribution in [-0.2, 0) is 10.0 Å². The molecule has 1 aromatic rings. The number of halogens is 3. The van der Waals surface area contributed by atoms with E-state index >= 15 is 0 Å². The molecule has 0 aliphatic heterocycles. The van der Waals surface area contributed by atoms with Gasteiger partial charge in [-0.05, 0) is 58.8 Å². The fraction of sp³-hybridized carbons (Fsp3) is 0.571. The number of hydrogen-bond donors (Lipinski definition) is 1. The van der Waals surface area contributed by atoms with Crippen LogP contribution in [-0.4, -0.2) is 20.3 Å². The van der Waals surface area contributed by atoms with E-state index in [1.807, 2.05) is 6.92 Å². The van der Waals surface area contributed by atoms with Gasteiger partial charge in [-0.1, -0.05) is 45.7 Å². The number of sulfonamides is 1. The Morgan fingerprint density at radius 1 is 1.14 bits per heavy atom. The summed E-state index contributed by atoms with van der Waals surface area (Å²) in [4.78, 5) is 0.260. The van der Waals surface area contributed by atoms with Gasteiger partial charge in [-0.3, -0.25) is 0 Å². The van der Waals surface area contributed by atoms with Gasteiger partial charge in [0.25, 0.3) is 0 Å². The van der Waals surface area contributed by atoms with Crippen molar-refractivity contribution in [2.24, 2.45) is 5.41 Å². The van der Waals surface area contributed by atoms with Gasteiger partial charge < -0.3 is 0 Å². The second-order valence-electron chi connectivity index (χ2n) is 5.20. The molecule has 120 valence electrons. The summed E-state index contributed by atoms with van der Waals surface area (Å²) < 4.78 is 29.2. The topological polar surface area (TPSA) is 46.2 Å². The van der Waals surface area contributed by atoms with Gasteiger partial charge in [-0.15, -0.1) is 0 Å². The van der Waals surface area contributed by atoms with Crippen molar-refractivity contribution in [3.05, 3.63) is 26.6 Å². The molecule has 1 aromatic carbocycles. The summed E-state index contributed by atoms with van der Waals surface area (Å²) in [6, 6.07) is 3.44. The van der Waals surface area contributed by atoms with E-state index in [1.54, 1.807) is 12.1 Å². The van der Waals surface area contributed by atoms with Gasteiger partial charge in [0.05, 0.1) is 4.90 Å². The monoisotopic (exact) mass is 503 g/mol. The smallest absolute Gasteiger partial charge is 0.211 e. The average molecular weight is 506 g/mol. The molecule has 0 unspecified atom stereocenters. The zero-order valence-electron chi connectivity index (χ0n) is 12.3. The fourth-order valence-corrected chi connectivity index (χ4v) is 5.72. The molecule has 21 heavy (non-hydrogen) atoms. The maximum atomic E-state index is 12.5. The highest BCUT2D eigenvalue weighted by molar-refractivity contribution is 9.11. The van der Waals surface area contributed by atoms with Crippen molar-refractivity contribution < 1.29 is 8.42 Å². The van der Waals surface area contributed by atoms with E-state index in [2.05, 4.69) is 66.4 Å². The Morgan fingerprint density at radius 3 is 2.19 bits per heavy atom. The fourth-order valence-electron chi connectivity index (χ4n) is 1.90. The first-order chi connectivity index (χ1) is 9.71. The van der Waals surface area contributed by atoms with Crippen LogP contribution in [0.15, 0.2) is 26.0 Å². The standard InChI is InChI=1S/C14H20Br3NO2S/c1-4-14(5-2,8-15)9-18-21(19,20)13-7-11(16)10(3)6-12(13)17/h6-7,18H,4-5,8-9H2,1-3H3. The third kappa shape index (κ3) is 4.77. The quantitative estimate of drug-likeness (QED) is 0.530. The highest BCUT2D eigenvalue weighted by Gasteiger charge is 2.28. The lowest BCUT2D eigenvalue weighted by atomic mass is 9.85. The first kappa shape index (κ1) is 19.6. The Kier molecular flexibility index (Phi) is 7.38. The highest BCUT2D eigenvalue weighted by Crippen LogP contribution is 2.31. The molecule has 1 N–H and O–H groups in total. The van der Waals surface area contributed by atoms with Crippen LogP contribution in [0.1, 0.15) is 32.3 Å². The van der Waals surface area contributed by atoms with Crippen LogP contribution in [0.2, 0.25) is 0 Å². The number of nitrogens with one attached hydrogen (secondary N) is 1. The van der Waals surface area contributed by atoms with Gasteiger partial charge in [0.2, 0.25) is 10.0 Å². The predicted molar refractivity (Wildman–Crippen MR) is 98.6 cm³/mol. The Bertz CT molecular complexity index is 590. The zero-order chi connectivity index (χ0) is 16.3. The van der Waals surface area contributed by atoms with Gasteiger partial charge in [0.1, 0.15) is 0 Å². The molecule has 0 bridgehead atoms. The summed E-state index contributed by atoms with van der Waals surface area (Å²) in [6.07, 6.45) is 1.83. The lowest BCUT2D eigenvalue weighted by molar-refractivity contribution is 0.309. The van der Waals surface area contributed by atoms with E-state index in [-0.39, 0.29) is 10.3 Å². The van der Waals surface area contributed by atoms with E-state index in [9.17, 15) is 8.42 Å². The van der Waals surface area contributed by atoms with Crippen LogP contribution in [0.3, 0.4) is 0 Å². The molecule has 0 atom stereocenters. The maximum Gasteiger partial charge on any atom is 0.241 e. The van der Waals surface area contributed by atoms with Gasteiger partial charge in [-0.2, -0.15) is 0 Å². The van der Waals surface area contributed by atoms with Crippen LogP contribution in [0.4, 0.5) is 0 Å². The number of benzene rings is 1. The van der Waals surface area contributed by atoms with E-state index in [4.69, 9.17) is 0 Å². The molecule has 0 aliphatic rings. The third-order valence-corrected chi connectivity index (χ3v) is 8.33. The van der Waals surface area contributed by atoms with Crippen LogP contribution in [0.5, 0.6) is 0 Å². The molecule has 0 radical (unpaired) electrons. The largest absolute Gasteiger partial charge is 0.241 e. The first-order valence-corrected chi connectivity index (χ1v) is 10.9. The molecule has 0 heterocycles. The molecule has 0 saturated carbocycles. The molecule has 0 spiro atoms. The van der Waals surface area contributed by atoms with Crippen molar-refractivity contribution >= 4 is 57.8 Å². The number of alkyl halides is 1. The van der Waals surface area contributed by atoms with Crippen molar-refractivity contribution in [3.8, 4) is 0 Å². The zero-order valence-corrected chi connectivity index (χ0v) is 17.9. The van der Waals surface area contributed by atoms with Crippen LogP contribution in [0.25, 0.3) is 0 Å². The first-order valence-electron chi connectivity index (χ1n) is 6.72. The SMILES string of the molecule is CCC(CC)(CBr)CNS(=O)(=O)c1cc(Br)c(C)cc1Br. The lowest BCUT2D eigenvalue weighted by Crippen LogP contribution is -2.38. The Labute approximate surface area is 152 Å². The molecular formula is C14H20Br3NO2S. The number of rotatable bonds is 7. The molecule has 1 rings (SSSR count). The van der Waals surface area contributed by atoms with E-state index in [0.29, 0.717) is 11.0 Å². The van der Waals surface area contributed by atoms with Crippen molar-refractivity contribution in [1.29, 1.82) is 0 Å². The van der Waals surface area contributed by atoms with Crippen LogP contribution in [0, 0.1) is 12.3 Å². The van der Waals surface area contributed by atoms with Crippen molar-refractivity contribution in [2.45, 2.75) is 38.5 Å². The Hall–Kier alpha value is 0.570. The summed E-state index contributed by atoms with van der Waals surface area (Å²) in [5.41, 5.74) is 0.930. The van der Waals surface area contributed by atoms with E-state index in [0.717, 1.165) is 28.2 Å². The van der Waals surface area contributed by atoms with Gasteiger partial charge in [0.15, 0.2) is 0 Å². The molecule has 3 nitrogen and oxygen atoms in total. The minimum absolute atomic E-state index is 0.0541. The Balaban J connectivity index is 3.05. The maximum absolute atomic E-state index is 12.5. The van der Waals surface area contributed by atoms with Gasteiger partial charge >= 0.3 is 0 Å². The summed E-state index contributed by atoms with van der Waals surface area (Å²) in [6.45, 7) is 6.50. The summed E-state index contributed by atoms with van der Waals surface area (Å²) >= 11 is 10.2. The molecular weight excluding hydrogens is 486 g/mol. The predicted octanol–water partition coefficient (Wildman–Crippen LogP) is 5.00. The van der Waals surface area contributed by atoms with Crippen LogP contribution >= 0.6 is 47.8 Å². The normalized spacial score (nSPS) is 12.7. The van der Waals surface area contributed by atoms with Gasteiger partial charge in [-0.25, -0.2) is 13.1 Å². The van der Waals surface area contributed by atoms with Crippen LogP contribution < -0.4 is 4.72 Å². The molecule has 0 saturated heterocycles. The minimum Gasteiger partial charge on any atom is -0.211 e. The van der Waals surface area contributed by atoms with Crippen molar-refractivity contribution in [2.75, 3.05) is 11.9 Å². The van der Waals surface area contributed by atoms with Crippen molar-refractivity contribution in [1.82, 2.24) is 4.72 Å². The number of hydrogen-bond acceptors (Lipinski definition) is 2. The van der Waals surface area contributed by atoms with E-state index < -0.39 is 10.0 Å². The summed E-state index contributed by atoms with van der Waals surface area (Å²) in [5, 5.41) is 0.772. The lowest BCUT2D eigenvalue weighted by Gasteiger charge is -2.29. The number of aryl methyl sites for hydroxylation is 1. The minimum atomic E-state index is -3.54. The van der Waals surface area contributed by atoms with Gasteiger partial charge in [0, 0.05) is 20.8 Å². The Morgan fingerprint density at radius 2 is 1.71 bits per heavy atom. The molecule has 0 fully saturated rings. The molecule has 0 aliphatic carbocycles. The second kappa shape index (κ2) is 7.90. The summed E-state index contributed by atoms with van der Waals surface area (Å²) in [5.74, 6) is 0. The summed E-state index contributed by atoms with van der Waals surface area (Å²) in [7, 11) is -3.54. The third-order valence-electron chi connectivity index (χ3n) is 3.92. The van der Waals surface area contributed by atoms with E-state index in [1.165, 1.54) is 0 Å².